The summed E-state index contributed by atoms with van der Waals surface area (Å²) >= 11 is 0. The quantitative estimate of drug-likeness (QED) is 0.639. The van der Waals surface area contributed by atoms with Crippen molar-refractivity contribution < 1.29 is 9.32 Å². The molecule has 2 aromatic carbocycles. The van der Waals surface area contributed by atoms with Gasteiger partial charge in [0.1, 0.15) is 0 Å². The molecule has 1 atom stereocenters. The van der Waals surface area contributed by atoms with Crippen LogP contribution in [0.25, 0.3) is 11.5 Å². The highest BCUT2D eigenvalue weighted by Crippen LogP contribution is 2.30. The molecule has 3 aromatic rings. The molecule has 0 spiro atoms. The summed E-state index contributed by atoms with van der Waals surface area (Å²) in [6.07, 6.45) is 0.424. The molecule has 29 heavy (non-hydrogen) atoms. The van der Waals surface area contributed by atoms with E-state index in [4.69, 9.17) is 4.52 Å². The molecule has 1 saturated heterocycles. The maximum Gasteiger partial charge on any atom is 0.257 e. The van der Waals surface area contributed by atoms with Gasteiger partial charge in [-0.15, -0.1) is 0 Å². The fourth-order valence-electron chi connectivity index (χ4n) is 3.72. The summed E-state index contributed by atoms with van der Waals surface area (Å²) in [4.78, 5) is 19.0. The number of nitrogens with zero attached hydrogens (tertiary/aromatic N) is 3. The van der Waals surface area contributed by atoms with Crippen molar-refractivity contribution in [2.45, 2.75) is 52.0 Å². The number of benzene rings is 2. The highest BCUT2D eigenvalue weighted by Gasteiger charge is 2.34. The Bertz CT molecular complexity index is 1020. The molecule has 5 nitrogen and oxygen atoms in total. The number of amides is 1. The number of carbonyl (C=O) groups is 1. The Labute approximate surface area is 171 Å². The third kappa shape index (κ3) is 4.09. The van der Waals surface area contributed by atoms with Crippen molar-refractivity contribution in [1.82, 2.24) is 15.0 Å². The number of rotatable bonds is 4. The fourth-order valence-corrected chi connectivity index (χ4v) is 3.72. The standard InChI is InChI=1S/C24H27N3O2/c1-16-7-5-6-8-18(16)14-27-15-19(13-21(27)28)22-25-23(29-26-22)17-9-11-20(12-10-17)24(2,3)4/h5-12,19H,13-15H2,1-4H3. The minimum absolute atomic E-state index is 0.0298. The molecule has 1 amide bonds. The van der Waals surface area contributed by atoms with Crippen LogP contribution in [-0.2, 0) is 16.8 Å². The lowest BCUT2D eigenvalue weighted by Crippen LogP contribution is -2.24. The van der Waals surface area contributed by atoms with Crippen LogP contribution in [0.2, 0.25) is 0 Å². The van der Waals surface area contributed by atoms with Gasteiger partial charge in [-0.25, -0.2) is 0 Å². The zero-order chi connectivity index (χ0) is 20.6. The van der Waals surface area contributed by atoms with E-state index < -0.39 is 0 Å². The van der Waals surface area contributed by atoms with E-state index in [1.54, 1.807) is 0 Å². The monoisotopic (exact) mass is 389 g/mol. The van der Waals surface area contributed by atoms with Gasteiger partial charge in [-0.2, -0.15) is 4.98 Å². The zero-order valence-electron chi connectivity index (χ0n) is 17.5. The van der Waals surface area contributed by atoms with Crippen molar-refractivity contribution >= 4 is 5.91 Å². The van der Waals surface area contributed by atoms with Crippen LogP contribution in [0.5, 0.6) is 0 Å². The molecule has 0 saturated carbocycles. The Kier molecular flexibility index (Phi) is 4.99. The van der Waals surface area contributed by atoms with E-state index in [0.29, 0.717) is 31.2 Å². The van der Waals surface area contributed by atoms with Gasteiger partial charge in [0.05, 0.1) is 0 Å². The van der Waals surface area contributed by atoms with Crippen molar-refractivity contribution in [1.29, 1.82) is 0 Å². The second-order valence-electron chi connectivity index (χ2n) is 8.89. The number of hydrogen-bond acceptors (Lipinski definition) is 4. The lowest BCUT2D eigenvalue weighted by molar-refractivity contribution is -0.128. The maximum absolute atomic E-state index is 12.5. The normalized spacial score (nSPS) is 17.2. The van der Waals surface area contributed by atoms with Gasteiger partial charge in [-0.05, 0) is 41.2 Å². The van der Waals surface area contributed by atoms with Crippen molar-refractivity contribution in [2.75, 3.05) is 6.54 Å². The van der Waals surface area contributed by atoms with E-state index in [9.17, 15) is 4.79 Å². The molecule has 1 aromatic heterocycles. The Balaban J connectivity index is 1.47. The SMILES string of the molecule is Cc1ccccc1CN1CC(c2noc(-c3ccc(C(C)(C)C)cc3)n2)CC1=O. The number of aryl methyl sites for hydroxylation is 1. The summed E-state index contributed by atoms with van der Waals surface area (Å²) in [6.45, 7) is 9.88. The van der Waals surface area contributed by atoms with Gasteiger partial charge in [-0.1, -0.05) is 62.3 Å². The predicted octanol–water partition coefficient (Wildman–Crippen LogP) is 4.86. The Morgan fingerprint density at radius 3 is 2.52 bits per heavy atom. The van der Waals surface area contributed by atoms with Crippen LogP contribution in [0.3, 0.4) is 0 Å². The average molecular weight is 389 g/mol. The van der Waals surface area contributed by atoms with Crippen molar-refractivity contribution in [2.24, 2.45) is 0 Å². The molecule has 4 rings (SSSR count). The minimum Gasteiger partial charge on any atom is -0.338 e. The van der Waals surface area contributed by atoms with E-state index in [2.05, 4.69) is 62.1 Å². The molecule has 1 aliphatic heterocycles. The third-order valence-corrected chi connectivity index (χ3v) is 5.64. The Morgan fingerprint density at radius 1 is 1.10 bits per heavy atom. The largest absolute Gasteiger partial charge is 0.338 e. The van der Waals surface area contributed by atoms with Gasteiger partial charge >= 0.3 is 0 Å². The molecule has 0 bridgehead atoms. The van der Waals surface area contributed by atoms with Crippen LogP contribution < -0.4 is 0 Å². The zero-order valence-corrected chi connectivity index (χ0v) is 17.5. The summed E-state index contributed by atoms with van der Waals surface area (Å²) in [7, 11) is 0. The first-order valence-electron chi connectivity index (χ1n) is 10.1. The van der Waals surface area contributed by atoms with Crippen LogP contribution in [0, 0.1) is 6.92 Å². The van der Waals surface area contributed by atoms with E-state index in [-0.39, 0.29) is 17.2 Å². The average Bonchev–Trinajstić information content (AvgIpc) is 3.30. The highest BCUT2D eigenvalue weighted by atomic mass is 16.5. The summed E-state index contributed by atoms with van der Waals surface area (Å²) in [5.74, 6) is 1.22. The Hall–Kier alpha value is -2.95. The van der Waals surface area contributed by atoms with Crippen molar-refractivity contribution in [3.8, 4) is 11.5 Å². The first kappa shape index (κ1) is 19.4. The van der Waals surface area contributed by atoms with E-state index in [1.165, 1.54) is 16.7 Å². The molecule has 1 fully saturated rings. The number of likely N-dealkylation sites (tertiary alicyclic amines) is 1. The summed E-state index contributed by atoms with van der Waals surface area (Å²) in [5, 5.41) is 4.17. The Morgan fingerprint density at radius 2 is 1.83 bits per heavy atom. The second kappa shape index (κ2) is 7.47. The molecular formula is C24H27N3O2. The van der Waals surface area contributed by atoms with Gasteiger partial charge in [-0.3, -0.25) is 4.79 Å². The van der Waals surface area contributed by atoms with Gasteiger partial charge in [0, 0.05) is 31.0 Å². The second-order valence-corrected chi connectivity index (χ2v) is 8.89. The lowest BCUT2D eigenvalue weighted by Gasteiger charge is -2.18. The number of aromatic nitrogens is 2. The summed E-state index contributed by atoms with van der Waals surface area (Å²) in [5.41, 5.74) is 4.63. The third-order valence-electron chi connectivity index (χ3n) is 5.64. The topological polar surface area (TPSA) is 59.2 Å². The molecule has 0 N–H and O–H groups in total. The molecular weight excluding hydrogens is 362 g/mol. The maximum atomic E-state index is 12.5. The van der Waals surface area contributed by atoms with Crippen LogP contribution in [0.15, 0.2) is 53.1 Å². The number of hydrogen-bond donors (Lipinski definition) is 0. The number of carbonyl (C=O) groups excluding carboxylic acids is 1. The smallest absolute Gasteiger partial charge is 0.257 e. The van der Waals surface area contributed by atoms with Gasteiger partial charge in [0.2, 0.25) is 5.91 Å². The molecule has 150 valence electrons. The molecule has 5 heteroatoms. The van der Waals surface area contributed by atoms with Gasteiger partial charge in [0.15, 0.2) is 5.82 Å². The van der Waals surface area contributed by atoms with Gasteiger partial charge in [0.25, 0.3) is 5.89 Å². The lowest BCUT2D eigenvalue weighted by atomic mass is 9.87. The molecule has 1 aliphatic rings. The van der Waals surface area contributed by atoms with Crippen LogP contribution >= 0.6 is 0 Å². The van der Waals surface area contributed by atoms with Crippen LogP contribution in [0.4, 0.5) is 0 Å². The van der Waals surface area contributed by atoms with Crippen LogP contribution in [0.1, 0.15) is 55.6 Å². The summed E-state index contributed by atoms with van der Waals surface area (Å²) in [6, 6.07) is 16.4. The van der Waals surface area contributed by atoms with E-state index >= 15 is 0 Å². The predicted molar refractivity (Wildman–Crippen MR) is 112 cm³/mol. The first-order chi connectivity index (χ1) is 13.8. The minimum atomic E-state index is -0.0298. The molecule has 2 heterocycles. The van der Waals surface area contributed by atoms with Crippen molar-refractivity contribution in [3.63, 3.8) is 0 Å². The van der Waals surface area contributed by atoms with Crippen molar-refractivity contribution in [3.05, 3.63) is 71.0 Å². The van der Waals surface area contributed by atoms with Crippen LogP contribution in [-0.4, -0.2) is 27.5 Å². The van der Waals surface area contributed by atoms with E-state index in [1.807, 2.05) is 29.2 Å². The summed E-state index contributed by atoms with van der Waals surface area (Å²) < 4.78 is 5.51. The molecule has 0 aliphatic carbocycles. The highest BCUT2D eigenvalue weighted by molar-refractivity contribution is 5.79. The van der Waals surface area contributed by atoms with Gasteiger partial charge < -0.3 is 9.42 Å². The first-order valence-corrected chi connectivity index (χ1v) is 10.1. The molecule has 1 unspecified atom stereocenters. The molecule has 0 radical (unpaired) electrons. The van der Waals surface area contributed by atoms with E-state index in [0.717, 1.165) is 5.56 Å². The fraction of sp³-hybridized carbons (Fsp3) is 0.375.